The van der Waals surface area contributed by atoms with Gasteiger partial charge in [0.1, 0.15) is 0 Å². The minimum atomic E-state index is 0.128. The minimum Gasteiger partial charge on any atom is -0.376 e. The zero-order valence-corrected chi connectivity index (χ0v) is 12.5. The summed E-state index contributed by atoms with van der Waals surface area (Å²) in [5.74, 6) is 5.61. The van der Waals surface area contributed by atoms with Crippen LogP contribution in [0.15, 0.2) is 0 Å². The largest absolute Gasteiger partial charge is 0.376 e. The first-order chi connectivity index (χ1) is 9.38. The third-order valence-electron chi connectivity index (χ3n) is 3.87. The first-order valence-electron chi connectivity index (χ1n) is 8.04. The molecule has 2 unspecified atom stereocenters. The van der Waals surface area contributed by atoms with Crippen molar-refractivity contribution in [2.45, 2.75) is 76.9 Å². The summed E-state index contributed by atoms with van der Waals surface area (Å²) in [7, 11) is 0. The van der Waals surface area contributed by atoms with Crippen molar-refractivity contribution in [2.75, 3.05) is 19.8 Å². The fourth-order valence-electron chi connectivity index (χ4n) is 2.61. The van der Waals surface area contributed by atoms with Crippen molar-refractivity contribution in [3.8, 4) is 0 Å². The molecule has 1 rings (SSSR count). The van der Waals surface area contributed by atoms with Gasteiger partial charge in [0.15, 0.2) is 0 Å². The summed E-state index contributed by atoms with van der Waals surface area (Å²) >= 11 is 0. The number of hydrogen-bond donors (Lipinski definition) is 2. The van der Waals surface area contributed by atoms with E-state index in [0.29, 0.717) is 19.8 Å². The highest BCUT2D eigenvalue weighted by molar-refractivity contribution is 4.76. The van der Waals surface area contributed by atoms with Gasteiger partial charge in [-0.1, -0.05) is 58.3 Å². The molecule has 1 heterocycles. The maximum atomic E-state index is 5.69. The Bertz CT molecular complexity index is 197. The Labute approximate surface area is 118 Å². The van der Waals surface area contributed by atoms with E-state index in [1.807, 2.05) is 0 Å². The van der Waals surface area contributed by atoms with Gasteiger partial charge in [0.2, 0.25) is 0 Å². The van der Waals surface area contributed by atoms with Gasteiger partial charge in [-0.2, -0.15) is 0 Å². The van der Waals surface area contributed by atoms with Gasteiger partial charge < -0.3 is 9.47 Å². The number of unbranched alkanes of at least 4 members (excludes halogenated alkanes) is 7. The molecule has 0 aromatic heterocycles. The van der Waals surface area contributed by atoms with Crippen molar-refractivity contribution < 1.29 is 9.47 Å². The molecule has 114 valence electrons. The Morgan fingerprint density at radius 2 is 1.74 bits per heavy atom. The summed E-state index contributed by atoms with van der Waals surface area (Å²) < 4.78 is 11.1. The minimum absolute atomic E-state index is 0.128. The number of hydrazine groups is 1. The average molecular weight is 272 g/mol. The van der Waals surface area contributed by atoms with Crippen LogP contribution in [0, 0.1) is 0 Å². The molecule has 19 heavy (non-hydrogen) atoms. The molecule has 0 saturated carbocycles. The second-order valence-electron chi connectivity index (χ2n) is 5.52. The molecule has 0 bridgehead atoms. The quantitative estimate of drug-likeness (QED) is 0.345. The molecule has 4 heteroatoms. The molecule has 0 aromatic carbocycles. The van der Waals surface area contributed by atoms with E-state index in [-0.39, 0.29) is 12.1 Å². The first kappa shape index (κ1) is 16.9. The molecule has 0 radical (unpaired) electrons. The normalized spacial score (nSPS) is 21.5. The summed E-state index contributed by atoms with van der Waals surface area (Å²) in [6.07, 6.45) is 12.0. The number of nitrogens with one attached hydrogen (secondary N) is 1. The van der Waals surface area contributed by atoms with Gasteiger partial charge in [-0.05, 0) is 6.42 Å². The van der Waals surface area contributed by atoms with Crippen molar-refractivity contribution in [1.29, 1.82) is 0 Å². The monoisotopic (exact) mass is 272 g/mol. The van der Waals surface area contributed by atoms with E-state index in [2.05, 4.69) is 12.3 Å². The van der Waals surface area contributed by atoms with E-state index >= 15 is 0 Å². The second kappa shape index (κ2) is 11.6. The van der Waals surface area contributed by atoms with Crippen LogP contribution in [0.3, 0.4) is 0 Å². The molecular weight excluding hydrogens is 240 g/mol. The highest BCUT2D eigenvalue weighted by atomic mass is 16.6. The van der Waals surface area contributed by atoms with Gasteiger partial charge in [0.05, 0.1) is 25.9 Å². The van der Waals surface area contributed by atoms with Crippen molar-refractivity contribution in [3.63, 3.8) is 0 Å². The Balaban J connectivity index is 1.96. The maximum Gasteiger partial charge on any atom is 0.0975 e. The number of hydrogen-bond acceptors (Lipinski definition) is 4. The Kier molecular flexibility index (Phi) is 10.4. The van der Waals surface area contributed by atoms with E-state index in [1.165, 1.54) is 51.4 Å². The molecule has 1 fully saturated rings. The summed E-state index contributed by atoms with van der Waals surface area (Å²) in [6.45, 7) is 4.34. The topological polar surface area (TPSA) is 56.5 Å². The van der Waals surface area contributed by atoms with Crippen LogP contribution >= 0.6 is 0 Å². The fraction of sp³-hybridized carbons (Fsp3) is 1.00. The lowest BCUT2D eigenvalue weighted by Crippen LogP contribution is -2.49. The zero-order valence-electron chi connectivity index (χ0n) is 12.5. The lowest BCUT2D eigenvalue weighted by molar-refractivity contribution is -0.102. The lowest BCUT2D eigenvalue weighted by Gasteiger charge is -2.30. The molecule has 3 N–H and O–H groups in total. The molecule has 0 amide bonds. The van der Waals surface area contributed by atoms with Crippen molar-refractivity contribution in [1.82, 2.24) is 5.43 Å². The number of ether oxygens (including phenoxy) is 2. The summed E-state index contributed by atoms with van der Waals surface area (Å²) in [4.78, 5) is 0. The van der Waals surface area contributed by atoms with Crippen LogP contribution in [0.2, 0.25) is 0 Å². The number of nitrogens with two attached hydrogens (primary N) is 1. The van der Waals surface area contributed by atoms with Crippen LogP contribution in [-0.2, 0) is 9.47 Å². The van der Waals surface area contributed by atoms with Gasteiger partial charge in [-0.15, -0.1) is 0 Å². The van der Waals surface area contributed by atoms with Crippen molar-refractivity contribution >= 4 is 0 Å². The van der Waals surface area contributed by atoms with E-state index in [4.69, 9.17) is 15.3 Å². The second-order valence-corrected chi connectivity index (χ2v) is 5.52. The first-order valence-corrected chi connectivity index (χ1v) is 8.04. The van der Waals surface area contributed by atoms with Crippen LogP contribution in [0.4, 0.5) is 0 Å². The molecule has 0 aliphatic carbocycles. The standard InChI is InChI=1S/C15H32N2O2/c1-2-3-4-5-6-7-8-9-10-14(17-16)15-13-18-11-12-19-15/h14-15,17H,2-13,16H2,1H3. The van der Waals surface area contributed by atoms with Gasteiger partial charge in [-0.25, -0.2) is 0 Å². The van der Waals surface area contributed by atoms with Crippen LogP contribution in [0.1, 0.15) is 64.7 Å². The average Bonchev–Trinajstić information content (AvgIpc) is 2.47. The van der Waals surface area contributed by atoms with Crippen LogP contribution in [-0.4, -0.2) is 32.0 Å². The van der Waals surface area contributed by atoms with E-state index in [0.717, 1.165) is 6.42 Å². The molecule has 1 aliphatic rings. The fourth-order valence-corrected chi connectivity index (χ4v) is 2.61. The predicted octanol–water partition coefficient (Wildman–Crippen LogP) is 2.76. The van der Waals surface area contributed by atoms with Crippen LogP contribution in [0.5, 0.6) is 0 Å². The maximum absolute atomic E-state index is 5.69. The predicted molar refractivity (Wildman–Crippen MR) is 78.9 cm³/mol. The molecule has 2 atom stereocenters. The molecular formula is C15H32N2O2. The van der Waals surface area contributed by atoms with Gasteiger partial charge >= 0.3 is 0 Å². The smallest absolute Gasteiger partial charge is 0.0975 e. The summed E-state index contributed by atoms with van der Waals surface area (Å²) in [5.41, 5.74) is 2.89. The third kappa shape index (κ3) is 7.88. The SMILES string of the molecule is CCCCCCCCCCC(NN)C1COCCO1. The van der Waals surface area contributed by atoms with Gasteiger partial charge in [0.25, 0.3) is 0 Å². The molecule has 0 spiro atoms. The highest BCUT2D eigenvalue weighted by Gasteiger charge is 2.23. The molecule has 4 nitrogen and oxygen atoms in total. The zero-order chi connectivity index (χ0) is 13.8. The van der Waals surface area contributed by atoms with E-state index < -0.39 is 0 Å². The number of rotatable bonds is 11. The molecule has 1 aliphatic heterocycles. The van der Waals surface area contributed by atoms with Crippen molar-refractivity contribution in [2.24, 2.45) is 5.84 Å². The van der Waals surface area contributed by atoms with Crippen LogP contribution < -0.4 is 11.3 Å². The van der Waals surface area contributed by atoms with Crippen molar-refractivity contribution in [3.05, 3.63) is 0 Å². The summed E-state index contributed by atoms with van der Waals surface area (Å²) in [6, 6.07) is 0.236. The Morgan fingerprint density at radius 3 is 2.32 bits per heavy atom. The summed E-state index contributed by atoms with van der Waals surface area (Å²) in [5, 5.41) is 0. The lowest BCUT2D eigenvalue weighted by atomic mass is 10.0. The molecule has 0 aromatic rings. The van der Waals surface area contributed by atoms with E-state index in [1.54, 1.807) is 0 Å². The highest BCUT2D eigenvalue weighted by Crippen LogP contribution is 2.14. The molecule has 1 saturated heterocycles. The van der Waals surface area contributed by atoms with Gasteiger partial charge in [0, 0.05) is 6.04 Å². The third-order valence-corrected chi connectivity index (χ3v) is 3.87. The van der Waals surface area contributed by atoms with Gasteiger partial charge in [-0.3, -0.25) is 11.3 Å². The Morgan fingerprint density at radius 1 is 1.05 bits per heavy atom. The van der Waals surface area contributed by atoms with Crippen LogP contribution in [0.25, 0.3) is 0 Å². The van der Waals surface area contributed by atoms with E-state index in [9.17, 15) is 0 Å². The Hall–Kier alpha value is -0.160.